The topological polar surface area (TPSA) is 55.4 Å². The number of rotatable bonds is 2. The second kappa shape index (κ2) is 6.77. The minimum absolute atomic E-state index is 0.00857. The second-order valence-corrected chi connectivity index (χ2v) is 8.42. The molecule has 4 nitrogen and oxygen atoms in total. The number of amides is 1. The third kappa shape index (κ3) is 2.92. The van der Waals surface area contributed by atoms with Crippen molar-refractivity contribution in [3.63, 3.8) is 0 Å². The summed E-state index contributed by atoms with van der Waals surface area (Å²) in [6.45, 7) is 0. The molecule has 1 unspecified atom stereocenters. The van der Waals surface area contributed by atoms with Gasteiger partial charge in [-0.15, -0.1) is 0 Å². The molecule has 1 heterocycles. The average Bonchev–Trinajstić information content (AvgIpc) is 3.00. The monoisotopic (exact) mass is 375 g/mol. The molecule has 28 heavy (non-hydrogen) atoms. The molecule has 1 N–H and O–H groups in total. The summed E-state index contributed by atoms with van der Waals surface area (Å²) in [6.07, 6.45) is 5.92. The average molecular weight is 375 g/mol. The molecule has 1 atom stereocenters. The Morgan fingerprint density at radius 2 is 1.68 bits per heavy atom. The van der Waals surface area contributed by atoms with E-state index in [-0.39, 0.29) is 23.8 Å². The van der Waals surface area contributed by atoms with Crippen LogP contribution in [0.15, 0.2) is 48.5 Å². The van der Waals surface area contributed by atoms with Crippen LogP contribution >= 0.6 is 0 Å². The van der Waals surface area contributed by atoms with Crippen LogP contribution in [0.2, 0.25) is 0 Å². The summed E-state index contributed by atoms with van der Waals surface area (Å²) in [4.78, 5) is 25.1. The number of hydrogen-bond donors (Lipinski definition) is 1. The number of fused-ring (bicyclic) bond motifs is 3. The van der Waals surface area contributed by atoms with E-state index in [1.54, 1.807) is 0 Å². The summed E-state index contributed by atoms with van der Waals surface area (Å²) in [5.74, 6) is -0.0505. The molecule has 2 aliphatic carbocycles. The summed E-state index contributed by atoms with van der Waals surface area (Å²) in [5, 5.41) is 3.29. The quantitative estimate of drug-likeness (QED) is 0.810. The molecule has 5 rings (SSSR count). The lowest BCUT2D eigenvalue weighted by Crippen LogP contribution is -2.44. The molecule has 0 radical (unpaired) electrons. The molecule has 144 valence electrons. The summed E-state index contributed by atoms with van der Waals surface area (Å²) in [6, 6.07) is 16.4. The predicted molar refractivity (Wildman–Crippen MR) is 106 cm³/mol. The van der Waals surface area contributed by atoms with Gasteiger partial charge in [0.1, 0.15) is 5.60 Å². The van der Waals surface area contributed by atoms with Crippen LogP contribution < -0.4 is 5.32 Å². The molecular weight excluding hydrogens is 350 g/mol. The lowest BCUT2D eigenvalue weighted by atomic mass is 9.74. The summed E-state index contributed by atoms with van der Waals surface area (Å²) in [5.41, 5.74) is 3.94. The van der Waals surface area contributed by atoms with E-state index in [1.807, 2.05) is 24.3 Å². The van der Waals surface area contributed by atoms with Crippen LogP contribution in [-0.4, -0.2) is 17.9 Å². The standard InChI is InChI=1S/C24H25NO3/c26-22(25-19-10-9-16-5-1-2-6-18(16)15-19)17-11-13-24(14-12-17)21-8-4-3-7-20(21)23(27)28-24/h1-8,17,19H,9-15H2,(H,25,26). The zero-order valence-electron chi connectivity index (χ0n) is 15.9. The van der Waals surface area contributed by atoms with Crippen molar-refractivity contribution in [3.8, 4) is 0 Å². The van der Waals surface area contributed by atoms with Crippen molar-refractivity contribution < 1.29 is 14.3 Å². The fourth-order valence-electron chi connectivity index (χ4n) is 5.20. The van der Waals surface area contributed by atoms with Gasteiger partial charge in [-0.3, -0.25) is 4.79 Å². The molecule has 0 saturated heterocycles. The van der Waals surface area contributed by atoms with E-state index >= 15 is 0 Å². The first kappa shape index (κ1) is 17.5. The van der Waals surface area contributed by atoms with Crippen molar-refractivity contribution >= 4 is 11.9 Å². The van der Waals surface area contributed by atoms with Crippen LogP contribution in [0.1, 0.15) is 59.2 Å². The van der Waals surface area contributed by atoms with Crippen molar-refractivity contribution in [2.24, 2.45) is 5.92 Å². The number of esters is 1. The first-order chi connectivity index (χ1) is 13.6. The van der Waals surface area contributed by atoms with Gasteiger partial charge in [0.2, 0.25) is 5.91 Å². The van der Waals surface area contributed by atoms with E-state index in [1.165, 1.54) is 11.1 Å². The molecule has 1 saturated carbocycles. The van der Waals surface area contributed by atoms with Gasteiger partial charge in [-0.1, -0.05) is 42.5 Å². The first-order valence-corrected chi connectivity index (χ1v) is 10.3. The number of hydrogen-bond acceptors (Lipinski definition) is 3. The molecule has 0 aromatic heterocycles. The minimum atomic E-state index is -0.520. The summed E-state index contributed by atoms with van der Waals surface area (Å²) in [7, 11) is 0. The fourth-order valence-corrected chi connectivity index (χ4v) is 5.20. The lowest BCUT2D eigenvalue weighted by molar-refractivity contribution is -0.128. The third-order valence-electron chi connectivity index (χ3n) is 6.78. The summed E-state index contributed by atoms with van der Waals surface area (Å²) < 4.78 is 5.81. The number of aryl methyl sites for hydroxylation is 1. The van der Waals surface area contributed by atoms with Gasteiger partial charge in [-0.25, -0.2) is 4.79 Å². The largest absolute Gasteiger partial charge is 0.451 e. The van der Waals surface area contributed by atoms with Gasteiger partial charge in [-0.05, 0) is 62.1 Å². The fraction of sp³-hybridized carbons (Fsp3) is 0.417. The van der Waals surface area contributed by atoms with E-state index in [4.69, 9.17) is 4.74 Å². The maximum atomic E-state index is 12.9. The van der Waals surface area contributed by atoms with Crippen molar-refractivity contribution in [1.29, 1.82) is 0 Å². The number of carbonyl (C=O) groups is 2. The van der Waals surface area contributed by atoms with Crippen LogP contribution in [0.25, 0.3) is 0 Å². The molecule has 2 aromatic carbocycles. The normalized spacial score (nSPS) is 28.4. The van der Waals surface area contributed by atoms with E-state index in [0.29, 0.717) is 5.56 Å². The SMILES string of the molecule is O=C1OC2(CCC(C(=O)NC3CCc4ccccc4C3)CC2)c2ccccc21. The van der Waals surface area contributed by atoms with E-state index in [9.17, 15) is 9.59 Å². The zero-order valence-corrected chi connectivity index (χ0v) is 15.9. The van der Waals surface area contributed by atoms with Crippen LogP contribution in [0.4, 0.5) is 0 Å². The van der Waals surface area contributed by atoms with Crippen molar-refractivity contribution in [2.45, 2.75) is 56.6 Å². The Bertz CT molecular complexity index is 927. The minimum Gasteiger partial charge on any atom is -0.451 e. The van der Waals surface area contributed by atoms with Crippen LogP contribution in [0.3, 0.4) is 0 Å². The van der Waals surface area contributed by atoms with Gasteiger partial charge in [0, 0.05) is 17.5 Å². The van der Waals surface area contributed by atoms with Gasteiger partial charge in [0.15, 0.2) is 0 Å². The Labute approximate surface area is 165 Å². The molecule has 1 aliphatic heterocycles. The van der Waals surface area contributed by atoms with Gasteiger partial charge in [0.05, 0.1) is 5.56 Å². The number of carbonyl (C=O) groups excluding carboxylic acids is 2. The smallest absolute Gasteiger partial charge is 0.339 e. The highest BCUT2D eigenvalue weighted by Gasteiger charge is 2.48. The predicted octanol–water partition coefficient (Wildman–Crippen LogP) is 3.92. The molecular formula is C24H25NO3. The maximum absolute atomic E-state index is 12.9. The highest BCUT2D eigenvalue weighted by Crippen LogP contribution is 2.48. The highest BCUT2D eigenvalue weighted by atomic mass is 16.6. The van der Waals surface area contributed by atoms with Gasteiger partial charge in [0.25, 0.3) is 0 Å². The summed E-state index contributed by atoms with van der Waals surface area (Å²) >= 11 is 0. The Morgan fingerprint density at radius 1 is 0.964 bits per heavy atom. The molecule has 4 heteroatoms. The number of nitrogens with one attached hydrogen (secondary N) is 1. The third-order valence-corrected chi connectivity index (χ3v) is 6.78. The number of benzene rings is 2. The zero-order chi connectivity index (χ0) is 19.1. The lowest BCUT2D eigenvalue weighted by Gasteiger charge is -2.36. The van der Waals surface area contributed by atoms with Gasteiger partial charge < -0.3 is 10.1 Å². The molecule has 1 amide bonds. The molecule has 1 fully saturated rings. The van der Waals surface area contributed by atoms with E-state index < -0.39 is 5.60 Å². The Hall–Kier alpha value is -2.62. The van der Waals surface area contributed by atoms with E-state index in [2.05, 4.69) is 29.6 Å². The Kier molecular flexibility index (Phi) is 4.22. The van der Waals surface area contributed by atoms with Crippen LogP contribution in [-0.2, 0) is 28.0 Å². The molecule has 1 spiro atoms. The van der Waals surface area contributed by atoms with E-state index in [0.717, 1.165) is 50.5 Å². The second-order valence-electron chi connectivity index (χ2n) is 8.42. The Balaban J connectivity index is 1.22. The first-order valence-electron chi connectivity index (χ1n) is 10.3. The van der Waals surface area contributed by atoms with Gasteiger partial charge in [-0.2, -0.15) is 0 Å². The molecule has 0 bridgehead atoms. The van der Waals surface area contributed by atoms with Crippen LogP contribution in [0, 0.1) is 5.92 Å². The van der Waals surface area contributed by atoms with Crippen molar-refractivity contribution in [1.82, 2.24) is 5.32 Å². The van der Waals surface area contributed by atoms with Crippen molar-refractivity contribution in [2.75, 3.05) is 0 Å². The molecule has 2 aromatic rings. The van der Waals surface area contributed by atoms with Crippen molar-refractivity contribution in [3.05, 3.63) is 70.8 Å². The van der Waals surface area contributed by atoms with Gasteiger partial charge >= 0.3 is 5.97 Å². The maximum Gasteiger partial charge on any atom is 0.339 e. The number of ether oxygens (including phenoxy) is 1. The van der Waals surface area contributed by atoms with Crippen LogP contribution in [0.5, 0.6) is 0 Å². The highest BCUT2D eigenvalue weighted by molar-refractivity contribution is 5.94. The molecule has 3 aliphatic rings. The Morgan fingerprint density at radius 3 is 2.50 bits per heavy atom.